The summed E-state index contributed by atoms with van der Waals surface area (Å²) in [5.74, 6) is 0. The molecule has 0 amide bonds. The Hall–Kier alpha value is -0.995. The molecular weight excluding hydrogens is 276 g/mol. The lowest BCUT2D eigenvalue weighted by Gasteiger charge is -2.29. The molecule has 2 aromatic rings. The first-order valence-electron chi connectivity index (χ1n) is 5.89. The maximum absolute atomic E-state index is 9.26. The van der Waals surface area contributed by atoms with Crippen molar-refractivity contribution in [1.82, 2.24) is 0 Å². The fourth-order valence-corrected chi connectivity index (χ4v) is 3.98. The molecule has 1 aliphatic heterocycles. The fraction of sp³-hybridized carbons (Fsp3) is 0.0769. The molecule has 0 aliphatic carbocycles. The molecule has 3 nitrogen and oxygen atoms in total. The summed E-state index contributed by atoms with van der Waals surface area (Å²) < 4.78 is 2.05. The quantitative estimate of drug-likeness (QED) is 0.623. The van der Waals surface area contributed by atoms with Gasteiger partial charge in [-0.2, -0.15) is 0 Å². The third-order valence-corrected chi connectivity index (χ3v) is 4.79. The van der Waals surface area contributed by atoms with Crippen molar-refractivity contribution >= 4 is 45.1 Å². The molecule has 0 aromatic heterocycles. The maximum atomic E-state index is 9.26. The Balaban J connectivity index is 2.10. The minimum Gasteiger partial charge on any atom is -0.423 e. The first-order chi connectivity index (χ1) is 9.06. The largest absolute Gasteiger partial charge is 0.488 e. The minimum atomic E-state index is -1.43. The van der Waals surface area contributed by atoms with Crippen LogP contribution >= 0.6 is 21.2 Å². The zero-order valence-corrected chi connectivity index (χ0v) is 12.3. The van der Waals surface area contributed by atoms with Crippen LogP contribution in [0.5, 0.6) is 0 Å². The van der Waals surface area contributed by atoms with Crippen molar-refractivity contribution < 1.29 is 10.0 Å². The van der Waals surface area contributed by atoms with E-state index in [-0.39, 0.29) is 0 Å². The molecule has 2 N–H and O–H groups in total. The number of nitrogens with zero attached hydrogens (tertiary/aromatic N) is 1. The minimum absolute atomic E-state index is 0.515. The van der Waals surface area contributed by atoms with Crippen molar-refractivity contribution in [1.29, 1.82) is 0 Å². The topological polar surface area (TPSA) is 43.7 Å². The van der Waals surface area contributed by atoms with Gasteiger partial charge in [0.15, 0.2) is 0 Å². The zero-order chi connectivity index (χ0) is 13.6. The highest BCUT2D eigenvalue weighted by Gasteiger charge is 2.22. The van der Waals surface area contributed by atoms with Crippen LogP contribution in [0, 0.1) is 6.92 Å². The highest BCUT2D eigenvalue weighted by atomic mass is 32.2. The normalized spacial score (nSPS) is 12.9. The molecule has 0 saturated heterocycles. The van der Waals surface area contributed by atoms with Crippen molar-refractivity contribution in [2.24, 2.45) is 0 Å². The number of anilines is 2. The van der Waals surface area contributed by atoms with Crippen LogP contribution in [0.15, 0.2) is 46.2 Å². The molecule has 0 spiro atoms. The molecule has 0 radical (unpaired) electrons. The van der Waals surface area contributed by atoms with Crippen LogP contribution in [-0.2, 0) is 0 Å². The van der Waals surface area contributed by atoms with Gasteiger partial charge in [-0.3, -0.25) is 0 Å². The van der Waals surface area contributed by atoms with Gasteiger partial charge >= 0.3 is 7.12 Å². The highest BCUT2D eigenvalue weighted by molar-refractivity contribution is 7.99. The van der Waals surface area contributed by atoms with Gasteiger partial charge in [-0.15, -0.1) is 0 Å². The number of hydrogen-bond acceptors (Lipinski definition) is 4. The van der Waals surface area contributed by atoms with Crippen LogP contribution < -0.4 is 10.1 Å². The van der Waals surface area contributed by atoms with Gasteiger partial charge in [-0.25, -0.2) is 0 Å². The number of rotatable bonds is 1. The average Bonchev–Trinajstić information content (AvgIpc) is 2.37. The van der Waals surface area contributed by atoms with E-state index in [0.29, 0.717) is 5.46 Å². The number of fused-ring (bicyclic) bond motifs is 2. The molecule has 3 rings (SSSR count). The molecule has 0 fully saturated rings. The molecule has 96 valence electrons. The van der Waals surface area contributed by atoms with E-state index in [0.717, 1.165) is 16.3 Å². The Morgan fingerprint density at radius 1 is 1.05 bits per heavy atom. The Morgan fingerprint density at radius 3 is 2.37 bits per heavy atom. The summed E-state index contributed by atoms with van der Waals surface area (Å²) in [6.45, 7) is 2.07. The first-order valence-corrected chi connectivity index (χ1v) is 7.23. The smallest absolute Gasteiger partial charge is 0.423 e. The van der Waals surface area contributed by atoms with Crippen LogP contribution in [0.4, 0.5) is 11.4 Å². The van der Waals surface area contributed by atoms with Gasteiger partial charge in [0.25, 0.3) is 0 Å². The monoisotopic (exact) mass is 289 g/mol. The van der Waals surface area contributed by atoms with Crippen LogP contribution in [0.1, 0.15) is 5.56 Å². The second kappa shape index (κ2) is 4.84. The molecule has 1 unspecified atom stereocenters. The third kappa shape index (κ3) is 2.28. The zero-order valence-electron chi connectivity index (χ0n) is 10.4. The van der Waals surface area contributed by atoms with E-state index in [2.05, 4.69) is 34.5 Å². The van der Waals surface area contributed by atoms with Gasteiger partial charge in [0.05, 0.1) is 11.4 Å². The van der Waals surface area contributed by atoms with Crippen LogP contribution in [0.2, 0.25) is 0 Å². The Bertz CT molecular complexity index is 651. The Labute approximate surface area is 119 Å². The van der Waals surface area contributed by atoms with Crippen molar-refractivity contribution in [3.05, 3.63) is 42.0 Å². The summed E-state index contributed by atoms with van der Waals surface area (Å²) in [7, 11) is 1.28. The average molecular weight is 289 g/mol. The Kier molecular flexibility index (Phi) is 3.31. The molecule has 6 heteroatoms. The molecule has 1 aliphatic rings. The predicted octanol–water partition coefficient (Wildman–Crippen LogP) is 2.07. The number of hydrogen-bond donors (Lipinski definition) is 2. The summed E-state index contributed by atoms with van der Waals surface area (Å²) in [5.41, 5.74) is 3.92. The van der Waals surface area contributed by atoms with E-state index in [1.807, 2.05) is 16.8 Å². The fourth-order valence-electron chi connectivity index (χ4n) is 2.12. The SMILES string of the molecule is Cc1ccc2c(c1)Sc1cc(B(O)O)ccc1N2P. The molecule has 19 heavy (non-hydrogen) atoms. The van der Waals surface area contributed by atoms with Crippen molar-refractivity contribution in [3.8, 4) is 0 Å². The lowest BCUT2D eigenvalue weighted by molar-refractivity contribution is 0.425. The van der Waals surface area contributed by atoms with Gasteiger partial charge in [0.1, 0.15) is 0 Å². The second-order valence-electron chi connectivity index (χ2n) is 4.54. The number of benzene rings is 2. The lowest BCUT2D eigenvalue weighted by atomic mass is 9.80. The molecule has 0 bridgehead atoms. The Morgan fingerprint density at radius 2 is 1.68 bits per heavy atom. The first kappa shape index (κ1) is 13.0. The summed E-state index contributed by atoms with van der Waals surface area (Å²) >= 11 is 1.65. The van der Waals surface area contributed by atoms with Gasteiger partial charge < -0.3 is 14.7 Å². The molecular formula is C13H13BNO2PS. The van der Waals surface area contributed by atoms with E-state index in [1.54, 1.807) is 17.8 Å². The molecule has 0 saturated carbocycles. The summed E-state index contributed by atoms with van der Waals surface area (Å²) in [4.78, 5) is 2.20. The lowest BCUT2D eigenvalue weighted by Crippen LogP contribution is -2.30. The molecule has 1 heterocycles. The van der Waals surface area contributed by atoms with Crippen molar-refractivity contribution in [2.45, 2.75) is 16.7 Å². The highest BCUT2D eigenvalue weighted by Crippen LogP contribution is 2.49. The van der Waals surface area contributed by atoms with E-state index in [9.17, 15) is 10.0 Å². The standard InChI is InChI=1S/C13H13BNO2PS/c1-8-2-4-10-12(6-8)19-13-7-9(14(16)17)3-5-11(13)15(10)18/h2-7,16-17H,18H2,1H3. The van der Waals surface area contributed by atoms with E-state index in [4.69, 9.17) is 0 Å². The molecule has 2 aromatic carbocycles. The summed E-state index contributed by atoms with van der Waals surface area (Å²) in [6, 6.07) is 11.8. The van der Waals surface area contributed by atoms with Gasteiger partial charge in [-0.05, 0) is 51.6 Å². The van der Waals surface area contributed by atoms with Crippen LogP contribution in [0.25, 0.3) is 0 Å². The van der Waals surface area contributed by atoms with Gasteiger partial charge in [0, 0.05) is 9.79 Å². The van der Waals surface area contributed by atoms with E-state index in [1.165, 1.54) is 10.5 Å². The van der Waals surface area contributed by atoms with Crippen molar-refractivity contribution in [2.75, 3.05) is 4.67 Å². The van der Waals surface area contributed by atoms with Gasteiger partial charge in [0.2, 0.25) is 0 Å². The van der Waals surface area contributed by atoms with Gasteiger partial charge in [-0.1, -0.05) is 23.9 Å². The van der Waals surface area contributed by atoms with E-state index >= 15 is 0 Å². The predicted molar refractivity (Wildman–Crippen MR) is 83.4 cm³/mol. The molecule has 1 atom stereocenters. The number of aryl methyl sites for hydroxylation is 1. The maximum Gasteiger partial charge on any atom is 0.488 e. The summed E-state index contributed by atoms with van der Waals surface area (Å²) in [5, 5.41) is 18.5. The van der Waals surface area contributed by atoms with Crippen molar-refractivity contribution in [3.63, 3.8) is 0 Å². The van der Waals surface area contributed by atoms with E-state index < -0.39 is 7.12 Å². The van der Waals surface area contributed by atoms with Crippen LogP contribution in [-0.4, -0.2) is 17.2 Å². The van der Waals surface area contributed by atoms with Crippen LogP contribution in [0.3, 0.4) is 0 Å². The second-order valence-corrected chi connectivity index (χ2v) is 6.14. The summed E-state index contributed by atoms with van der Waals surface area (Å²) in [6.07, 6.45) is 0. The third-order valence-electron chi connectivity index (χ3n) is 3.14.